The normalized spacial score (nSPS) is 39.3. The van der Waals surface area contributed by atoms with Gasteiger partial charge in [0.1, 0.15) is 6.07 Å². The van der Waals surface area contributed by atoms with E-state index in [0.717, 1.165) is 18.4 Å². The van der Waals surface area contributed by atoms with Gasteiger partial charge in [-0.05, 0) is 36.5 Å². The molecular formula is C19H21NO2. The van der Waals surface area contributed by atoms with E-state index < -0.39 is 10.8 Å². The van der Waals surface area contributed by atoms with Crippen LogP contribution in [0.15, 0.2) is 35.5 Å². The van der Waals surface area contributed by atoms with Gasteiger partial charge in [-0.2, -0.15) is 5.26 Å². The molecule has 3 aliphatic rings. The third-order valence-electron chi connectivity index (χ3n) is 6.04. The summed E-state index contributed by atoms with van der Waals surface area (Å²) in [5, 5.41) is 9.37. The lowest BCUT2D eigenvalue weighted by atomic mass is 9.46. The molecule has 3 rings (SSSR count). The summed E-state index contributed by atoms with van der Waals surface area (Å²) < 4.78 is 0. The first-order valence-electron chi connectivity index (χ1n) is 7.79. The van der Waals surface area contributed by atoms with E-state index in [4.69, 9.17) is 0 Å². The van der Waals surface area contributed by atoms with E-state index in [1.807, 2.05) is 26.0 Å². The molecule has 114 valence electrons. The number of ketones is 2. The molecule has 0 aromatic heterocycles. The van der Waals surface area contributed by atoms with E-state index in [1.54, 1.807) is 12.2 Å². The van der Waals surface area contributed by atoms with Crippen LogP contribution in [0.25, 0.3) is 0 Å². The minimum atomic E-state index is -0.582. The summed E-state index contributed by atoms with van der Waals surface area (Å²) in [5.74, 6) is 0.0403. The molecule has 0 aromatic carbocycles. The van der Waals surface area contributed by atoms with Crippen molar-refractivity contribution in [2.75, 3.05) is 0 Å². The lowest BCUT2D eigenvalue weighted by Gasteiger charge is -2.56. The Kier molecular flexibility index (Phi) is 2.92. The summed E-state index contributed by atoms with van der Waals surface area (Å²) in [6.45, 7) is 8.10. The summed E-state index contributed by atoms with van der Waals surface area (Å²) in [6.07, 6.45) is 9.02. The minimum Gasteiger partial charge on any atom is -0.293 e. The molecule has 3 heteroatoms. The molecular weight excluding hydrogens is 274 g/mol. The number of carbonyl (C=O) groups is 2. The molecule has 3 atom stereocenters. The first-order valence-corrected chi connectivity index (χ1v) is 7.79. The van der Waals surface area contributed by atoms with Gasteiger partial charge < -0.3 is 0 Å². The third kappa shape index (κ3) is 1.73. The molecule has 0 aromatic rings. The van der Waals surface area contributed by atoms with Crippen LogP contribution < -0.4 is 0 Å². The van der Waals surface area contributed by atoms with Crippen LogP contribution in [-0.2, 0) is 9.59 Å². The van der Waals surface area contributed by atoms with Crippen LogP contribution in [0.5, 0.6) is 0 Å². The maximum atomic E-state index is 12.6. The van der Waals surface area contributed by atoms with Gasteiger partial charge in [0.2, 0.25) is 0 Å². The smallest absolute Gasteiger partial charge is 0.178 e. The summed E-state index contributed by atoms with van der Waals surface area (Å²) >= 11 is 0. The number of rotatable bonds is 0. The van der Waals surface area contributed by atoms with E-state index >= 15 is 0 Å². The van der Waals surface area contributed by atoms with Crippen molar-refractivity contribution in [3.05, 3.63) is 35.5 Å². The summed E-state index contributed by atoms with van der Waals surface area (Å²) in [7, 11) is 0. The number of hydrogen-bond donors (Lipinski definition) is 0. The third-order valence-corrected chi connectivity index (χ3v) is 6.04. The molecule has 22 heavy (non-hydrogen) atoms. The average Bonchev–Trinajstić information content (AvgIpc) is 2.45. The van der Waals surface area contributed by atoms with Crippen molar-refractivity contribution in [1.29, 1.82) is 5.26 Å². The fourth-order valence-corrected chi connectivity index (χ4v) is 4.87. The van der Waals surface area contributed by atoms with E-state index in [1.165, 1.54) is 0 Å². The van der Waals surface area contributed by atoms with E-state index in [9.17, 15) is 14.9 Å². The van der Waals surface area contributed by atoms with Gasteiger partial charge in [-0.15, -0.1) is 0 Å². The monoisotopic (exact) mass is 295 g/mol. The molecule has 0 radical (unpaired) electrons. The molecule has 0 aliphatic heterocycles. The molecule has 0 saturated heterocycles. The Bertz CT molecular complexity index is 716. The molecule has 0 spiro atoms. The Labute approximate surface area is 131 Å². The highest BCUT2D eigenvalue weighted by molar-refractivity contribution is 6.05. The molecule has 3 aliphatic carbocycles. The largest absolute Gasteiger partial charge is 0.293 e. The number of nitrogens with zero attached hydrogens (tertiary/aromatic N) is 1. The Hall–Kier alpha value is -1.95. The standard InChI is InChI=1S/C19H21NO2/c1-17(2)14-6-8-18(3)7-5-13(21)9-15(18)19(14,4)10-12(11-20)16(17)22/h5,7,9-10,14H,6,8H2,1-4H3/t14-,18-,19+/m0/s1. The van der Waals surface area contributed by atoms with E-state index in [0.29, 0.717) is 0 Å². The van der Waals surface area contributed by atoms with Crippen molar-refractivity contribution in [2.45, 2.75) is 40.5 Å². The minimum absolute atomic E-state index is 0.00374. The topological polar surface area (TPSA) is 57.9 Å². The van der Waals surface area contributed by atoms with Gasteiger partial charge in [0.25, 0.3) is 0 Å². The molecule has 0 amide bonds. The number of carbonyl (C=O) groups excluding carboxylic acids is 2. The quantitative estimate of drug-likeness (QED) is 0.687. The van der Waals surface area contributed by atoms with Crippen LogP contribution in [0.4, 0.5) is 0 Å². The number of Topliss-reactive ketones (excluding diaryl/α,β-unsaturated/α-hetero) is 1. The van der Waals surface area contributed by atoms with E-state index in [2.05, 4.69) is 19.9 Å². The Morgan fingerprint density at radius 3 is 2.55 bits per heavy atom. The zero-order valence-corrected chi connectivity index (χ0v) is 13.6. The highest BCUT2D eigenvalue weighted by atomic mass is 16.1. The lowest BCUT2D eigenvalue weighted by molar-refractivity contribution is -0.130. The molecule has 0 bridgehead atoms. The molecule has 0 unspecified atom stereocenters. The predicted octanol–water partition coefficient (Wildman–Crippen LogP) is 3.53. The van der Waals surface area contributed by atoms with Crippen LogP contribution in [0, 0.1) is 33.5 Å². The highest BCUT2D eigenvalue weighted by Gasteiger charge is 2.58. The Morgan fingerprint density at radius 2 is 1.91 bits per heavy atom. The van der Waals surface area contributed by atoms with Crippen molar-refractivity contribution in [1.82, 2.24) is 0 Å². The number of hydrogen-bond acceptors (Lipinski definition) is 3. The number of allylic oxidation sites excluding steroid dienone is 6. The van der Waals surface area contributed by atoms with Crippen molar-refractivity contribution in [3.63, 3.8) is 0 Å². The summed E-state index contributed by atoms with van der Waals surface area (Å²) in [5.41, 5.74) is 0.122. The second kappa shape index (κ2) is 4.29. The number of fused-ring (bicyclic) bond motifs is 3. The van der Waals surface area contributed by atoms with Crippen molar-refractivity contribution >= 4 is 11.6 Å². The summed E-state index contributed by atoms with van der Waals surface area (Å²) in [6, 6.07) is 2.07. The fraction of sp³-hybridized carbons (Fsp3) is 0.526. The number of nitriles is 1. The molecule has 1 fully saturated rings. The maximum absolute atomic E-state index is 12.6. The highest BCUT2D eigenvalue weighted by Crippen LogP contribution is 2.62. The SMILES string of the molecule is CC1(C)C(=O)C(C#N)=C[C@@]2(C)C3=CC(=O)C=C[C@@]3(C)CC[C@@H]12. The van der Waals surface area contributed by atoms with Gasteiger partial charge in [-0.1, -0.05) is 39.8 Å². The first kappa shape index (κ1) is 15.0. The van der Waals surface area contributed by atoms with Crippen LogP contribution in [-0.4, -0.2) is 11.6 Å². The second-order valence-corrected chi connectivity index (χ2v) is 7.81. The zero-order valence-electron chi connectivity index (χ0n) is 13.6. The van der Waals surface area contributed by atoms with Crippen LogP contribution in [0.3, 0.4) is 0 Å². The van der Waals surface area contributed by atoms with Gasteiger partial charge in [-0.25, -0.2) is 0 Å². The van der Waals surface area contributed by atoms with Crippen molar-refractivity contribution < 1.29 is 9.59 Å². The van der Waals surface area contributed by atoms with Crippen molar-refractivity contribution in [3.8, 4) is 6.07 Å². The zero-order chi connectivity index (χ0) is 16.3. The average molecular weight is 295 g/mol. The molecule has 0 N–H and O–H groups in total. The Balaban J connectivity index is 2.26. The van der Waals surface area contributed by atoms with Gasteiger partial charge in [-0.3, -0.25) is 9.59 Å². The second-order valence-electron chi connectivity index (χ2n) is 7.81. The lowest BCUT2D eigenvalue weighted by Crippen LogP contribution is -2.52. The maximum Gasteiger partial charge on any atom is 0.178 e. The van der Waals surface area contributed by atoms with Crippen molar-refractivity contribution in [2.24, 2.45) is 22.2 Å². The molecule has 1 saturated carbocycles. The summed E-state index contributed by atoms with van der Waals surface area (Å²) in [4.78, 5) is 24.5. The molecule has 3 nitrogen and oxygen atoms in total. The van der Waals surface area contributed by atoms with E-state index in [-0.39, 0.29) is 28.5 Å². The van der Waals surface area contributed by atoms with Gasteiger partial charge in [0.15, 0.2) is 11.6 Å². The first-order chi connectivity index (χ1) is 10.1. The van der Waals surface area contributed by atoms with Gasteiger partial charge in [0.05, 0.1) is 5.57 Å². The van der Waals surface area contributed by atoms with Crippen LogP contribution in [0.1, 0.15) is 40.5 Å². The Morgan fingerprint density at radius 1 is 1.23 bits per heavy atom. The van der Waals surface area contributed by atoms with Crippen LogP contribution in [0.2, 0.25) is 0 Å². The van der Waals surface area contributed by atoms with Gasteiger partial charge >= 0.3 is 0 Å². The van der Waals surface area contributed by atoms with Gasteiger partial charge in [0, 0.05) is 16.2 Å². The van der Waals surface area contributed by atoms with Crippen LogP contribution >= 0.6 is 0 Å². The molecule has 0 heterocycles. The predicted molar refractivity (Wildman–Crippen MR) is 83.7 cm³/mol. The fourth-order valence-electron chi connectivity index (χ4n) is 4.87.